The maximum Gasteiger partial charge on any atom is 0.130 e. The fourth-order valence-corrected chi connectivity index (χ4v) is 2.81. The molecule has 1 atom stereocenters. The smallest absolute Gasteiger partial charge is 0.130 e. The molecule has 82 valence electrons. The van der Waals surface area contributed by atoms with E-state index in [0.29, 0.717) is 0 Å². The van der Waals surface area contributed by atoms with Gasteiger partial charge in [-0.2, -0.15) is 11.8 Å². The van der Waals surface area contributed by atoms with E-state index in [1.54, 1.807) is 0 Å². The maximum atomic E-state index is 5.77. The first-order chi connectivity index (χ1) is 7.16. The van der Waals surface area contributed by atoms with Crippen LogP contribution in [0.25, 0.3) is 0 Å². The van der Waals surface area contributed by atoms with Crippen LogP contribution in [0.3, 0.4) is 0 Å². The molecule has 1 aromatic rings. The highest BCUT2D eigenvalue weighted by Gasteiger charge is 2.15. The Morgan fingerprint density at radius 3 is 3.00 bits per heavy atom. The van der Waals surface area contributed by atoms with Crippen LogP contribution in [0.4, 0.5) is 0 Å². The Kier molecular flexibility index (Phi) is 3.26. The largest absolute Gasteiger partial charge is 0.328 e. The summed E-state index contributed by atoms with van der Waals surface area (Å²) in [4.78, 5) is 9.13. The second-order valence-electron chi connectivity index (χ2n) is 4.13. The van der Waals surface area contributed by atoms with E-state index in [9.17, 15) is 0 Å². The molecule has 2 N–H and O–H groups in total. The number of hydrogen-bond donors (Lipinski definition) is 1. The molecule has 1 aromatic heterocycles. The van der Waals surface area contributed by atoms with Crippen LogP contribution in [0.5, 0.6) is 0 Å². The zero-order chi connectivity index (χ0) is 10.8. The van der Waals surface area contributed by atoms with E-state index < -0.39 is 0 Å². The van der Waals surface area contributed by atoms with Gasteiger partial charge in [0.1, 0.15) is 5.82 Å². The number of rotatable bonds is 2. The van der Waals surface area contributed by atoms with Crippen molar-refractivity contribution >= 4 is 11.8 Å². The normalized spacial score (nSPS) is 17.3. The first kappa shape index (κ1) is 10.9. The molecule has 3 nitrogen and oxygen atoms in total. The van der Waals surface area contributed by atoms with Crippen molar-refractivity contribution in [3.05, 3.63) is 22.8 Å². The number of fused-ring (bicyclic) bond motifs is 1. The van der Waals surface area contributed by atoms with E-state index in [4.69, 9.17) is 5.73 Å². The fraction of sp³-hybridized carbons (Fsp3) is 0.636. The average molecular weight is 223 g/mol. The molecule has 1 unspecified atom stereocenters. The van der Waals surface area contributed by atoms with E-state index in [0.717, 1.165) is 30.1 Å². The van der Waals surface area contributed by atoms with Gasteiger partial charge in [0.2, 0.25) is 0 Å². The number of nitrogens with two attached hydrogens (primary N) is 1. The van der Waals surface area contributed by atoms with Crippen molar-refractivity contribution in [1.29, 1.82) is 0 Å². The number of aryl methyl sites for hydroxylation is 1. The molecule has 4 heteroatoms. The lowest BCUT2D eigenvalue weighted by Crippen LogP contribution is -2.21. The molecule has 15 heavy (non-hydrogen) atoms. The molecule has 0 amide bonds. The molecule has 0 aromatic carbocycles. The predicted molar refractivity (Wildman–Crippen MR) is 64.0 cm³/mol. The molecular weight excluding hydrogens is 206 g/mol. The summed E-state index contributed by atoms with van der Waals surface area (Å²) in [7, 11) is 0. The van der Waals surface area contributed by atoms with Crippen LogP contribution < -0.4 is 5.73 Å². The highest BCUT2D eigenvalue weighted by atomic mass is 32.2. The molecule has 0 aliphatic carbocycles. The zero-order valence-electron chi connectivity index (χ0n) is 9.29. The average Bonchev–Trinajstić information content (AvgIpc) is 2.16. The van der Waals surface area contributed by atoms with Crippen LogP contribution in [-0.4, -0.2) is 21.8 Å². The monoisotopic (exact) mass is 223 g/mol. The van der Waals surface area contributed by atoms with Crippen molar-refractivity contribution in [2.75, 3.05) is 5.75 Å². The van der Waals surface area contributed by atoms with Crippen molar-refractivity contribution < 1.29 is 0 Å². The number of aromatic nitrogens is 2. The van der Waals surface area contributed by atoms with E-state index in [1.807, 2.05) is 18.7 Å². The molecule has 2 rings (SSSR count). The Morgan fingerprint density at radius 2 is 2.27 bits per heavy atom. The van der Waals surface area contributed by atoms with Crippen LogP contribution in [0.1, 0.15) is 29.7 Å². The SMILES string of the molecule is Cc1nc(CC(C)N)nc2c1CCSC2. The van der Waals surface area contributed by atoms with Gasteiger partial charge in [0, 0.05) is 23.9 Å². The number of thioether (sulfide) groups is 1. The summed E-state index contributed by atoms with van der Waals surface area (Å²) in [5.41, 5.74) is 9.51. The van der Waals surface area contributed by atoms with Crippen LogP contribution >= 0.6 is 11.8 Å². The fourth-order valence-electron chi connectivity index (χ4n) is 1.89. The van der Waals surface area contributed by atoms with E-state index in [2.05, 4.69) is 16.9 Å². The lowest BCUT2D eigenvalue weighted by molar-refractivity contribution is 0.690. The van der Waals surface area contributed by atoms with Gasteiger partial charge in [-0.25, -0.2) is 9.97 Å². The van der Waals surface area contributed by atoms with Crippen molar-refractivity contribution in [3.63, 3.8) is 0 Å². The van der Waals surface area contributed by atoms with Gasteiger partial charge < -0.3 is 5.73 Å². The number of hydrogen-bond acceptors (Lipinski definition) is 4. The van der Waals surface area contributed by atoms with Crippen LogP contribution in [0.2, 0.25) is 0 Å². The minimum absolute atomic E-state index is 0.138. The summed E-state index contributed by atoms with van der Waals surface area (Å²) < 4.78 is 0. The van der Waals surface area contributed by atoms with Crippen molar-refractivity contribution in [2.24, 2.45) is 5.73 Å². The third-order valence-electron chi connectivity index (χ3n) is 2.59. The molecular formula is C11H17N3S. The van der Waals surface area contributed by atoms with Gasteiger partial charge in [0.15, 0.2) is 0 Å². The van der Waals surface area contributed by atoms with E-state index in [-0.39, 0.29) is 6.04 Å². The first-order valence-corrected chi connectivity index (χ1v) is 6.51. The summed E-state index contributed by atoms with van der Waals surface area (Å²) in [6.45, 7) is 4.08. The lowest BCUT2D eigenvalue weighted by atomic mass is 10.1. The zero-order valence-corrected chi connectivity index (χ0v) is 10.1. The Hall–Kier alpha value is -0.610. The van der Waals surface area contributed by atoms with Crippen molar-refractivity contribution in [1.82, 2.24) is 9.97 Å². The molecule has 0 fully saturated rings. The van der Waals surface area contributed by atoms with Gasteiger partial charge in [0.25, 0.3) is 0 Å². The van der Waals surface area contributed by atoms with E-state index >= 15 is 0 Å². The maximum absolute atomic E-state index is 5.77. The molecule has 2 heterocycles. The Morgan fingerprint density at radius 1 is 1.47 bits per heavy atom. The number of nitrogens with zero attached hydrogens (tertiary/aromatic N) is 2. The Balaban J connectivity index is 2.32. The van der Waals surface area contributed by atoms with Gasteiger partial charge >= 0.3 is 0 Å². The third kappa shape index (κ3) is 2.49. The quantitative estimate of drug-likeness (QED) is 0.825. The van der Waals surface area contributed by atoms with Crippen LogP contribution in [0, 0.1) is 6.92 Å². The minimum Gasteiger partial charge on any atom is -0.328 e. The second-order valence-corrected chi connectivity index (χ2v) is 5.24. The Bertz CT molecular complexity index is 363. The predicted octanol–water partition coefficient (Wildman–Crippen LogP) is 1.46. The molecule has 0 bridgehead atoms. The molecule has 0 saturated carbocycles. The van der Waals surface area contributed by atoms with Gasteiger partial charge in [-0.1, -0.05) is 0 Å². The summed E-state index contributed by atoms with van der Waals surface area (Å²) in [6, 6.07) is 0.138. The highest BCUT2D eigenvalue weighted by Crippen LogP contribution is 2.24. The topological polar surface area (TPSA) is 51.8 Å². The van der Waals surface area contributed by atoms with Gasteiger partial charge in [0.05, 0.1) is 5.69 Å². The lowest BCUT2D eigenvalue weighted by Gasteiger charge is -2.17. The van der Waals surface area contributed by atoms with Gasteiger partial charge in [-0.05, 0) is 31.6 Å². The van der Waals surface area contributed by atoms with Gasteiger partial charge in [-0.3, -0.25) is 0 Å². The summed E-state index contributed by atoms with van der Waals surface area (Å²) >= 11 is 1.95. The molecule has 1 aliphatic heterocycles. The standard InChI is InChI=1S/C11H17N3S/c1-7(12)5-11-13-8(2)9-3-4-15-6-10(9)14-11/h7H,3-6,12H2,1-2H3. The van der Waals surface area contributed by atoms with Crippen LogP contribution in [0.15, 0.2) is 0 Å². The summed E-state index contributed by atoms with van der Waals surface area (Å²) in [5.74, 6) is 3.14. The molecule has 1 aliphatic rings. The van der Waals surface area contributed by atoms with Crippen molar-refractivity contribution in [3.8, 4) is 0 Å². The van der Waals surface area contributed by atoms with Crippen LogP contribution in [-0.2, 0) is 18.6 Å². The van der Waals surface area contributed by atoms with Gasteiger partial charge in [-0.15, -0.1) is 0 Å². The summed E-state index contributed by atoms with van der Waals surface area (Å²) in [6.07, 6.45) is 1.89. The second kappa shape index (κ2) is 4.49. The summed E-state index contributed by atoms with van der Waals surface area (Å²) in [5, 5.41) is 0. The molecule has 0 spiro atoms. The third-order valence-corrected chi connectivity index (χ3v) is 3.56. The van der Waals surface area contributed by atoms with Crippen molar-refractivity contribution in [2.45, 2.75) is 38.5 Å². The minimum atomic E-state index is 0.138. The van der Waals surface area contributed by atoms with E-state index in [1.165, 1.54) is 17.0 Å². The molecule has 0 saturated heterocycles. The first-order valence-electron chi connectivity index (χ1n) is 5.35. The highest BCUT2D eigenvalue weighted by molar-refractivity contribution is 7.98. The molecule has 0 radical (unpaired) electrons. The Labute approximate surface area is 94.9 Å².